The molecule has 1 N–H and O–H groups in total. The summed E-state index contributed by atoms with van der Waals surface area (Å²) in [5, 5.41) is 15.1. The van der Waals surface area contributed by atoms with Crippen molar-refractivity contribution in [3.05, 3.63) is 83.4 Å². The van der Waals surface area contributed by atoms with Gasteiger partial charge in [-0.05, 0) is 24.3 Å². The molecule has 0 fully saturated rings. The number of benzene rings is 2. The van der Waals surface area contributed by atoms with E-state index in [1.807, 2.05) is 72.8 Å². The Morgan fingerprint density at radius 1 is 0.913 bits per heavy atom. The molecular formula is C18H17FeN2O2. The van der Waals surface area contributed by atoms with Crippen molar-refractivity contribution in [3.63, 3.8) is 0 Å². The summed E-state index contributed by atoms with van der Waals surface area (Å²) in [7, 11) is 0. The van der Waals surface area contributed by atoms with E-state index in [1.54, 1.807) is 0 Å². The second-order valence-electron chi connectivity index (χ2n) is 4.21. The van der Waals surface area contributed by atoms with E-state index in [0.29, 0.717) is 0 Å². The van der Waals surface area contributed by atoms with Crippen LogP contribution in [0.2, 0.25) is 0 Å². The van der Waals surface area contributed by atoms with E-state index < -0.39 is 0 Å². The maximum atomic E-state index is 8.36. The fraction of sp³-hybridized carbons (Fsp3) is 0.0556. The summed E-state index contributed by atoms with van der Waals surface area (Å²) < 4.78 is 1.22. The first kappa shape index (κ1) is 18.6. The third-order valence-electron chi connectivity index (χ3n) is 2.51. The summed E-state index contributed by atoms with van der Waals surface area (Å²) in [5.41, 5.74) is 1.74. The van der Waals surface area contributed by atoms with Gasteiger partial charge in [-0.2, -0.15) is 10.2 Å². The van der Waals surface area contributed by atoms with E-state index in [9.17, 15) is 0 Å². The van der Waals surface area contributed by atoms with Crippen LogP contribution < -0.4 is 0 Å². The summed E-state index contributed by atoms with van der Waals surface area (Å²) in [6.45, 7) is -0.250. The second-order valence-corrected chi connectivity index (χ2v) is 4.92. The Morgan fingerprint density at radius 3 is 1.61 bits per heavy atom. The van der Waals surface area contributed by atoms with Crippen LogP contribution in [-0.4, -0.2) is 11.6 Å². The number of nitrogens with zero attached hydrogens (tertiary/aromatic N) is 2. The second kappa shape index (κ2) is 12.1. The first-order valence-corrected chi connectivity index (χ1v) is 7.41. The van der Waals surface area contributed by atoms with Gasteiger partial charge in [0.1, 0.15) is 0 Å². The van der Waals surface area contributed by atoms with Crippen molar-refractivity contribution >= 4 is 17.8 Å². The molecule has 4 nitrogen and oxygen atoms in total. The molecule has 0 saturated carbocycles. The monoisotopic (exact) mass is 349 g/mol. The number of hydrogen-bond acceptors (Lipinski definition) is 3. The van der Waals surface area contributed by atoms with Crippen molar-refractivity contribution < 1.29 is 25.9 Å². The molecule has 23 heavy (non-hydrogen) atoms. The van der Waals surface area contributed by atoms with Crippen molar-refractivity contribution in [2.24, 2.45) is 10.2 Å². The van der Waals surface area contributed by atoms with Gasteiger partial charge in [-0.25, -0.2) is 0 Å². The van der Waals surface area contributed by atoms with Gasteiger partial charge in [0.15, 0.2) is 0 Å². The maximum Gasteiger partial charge on any atom is 0.0857 e. The normalized spacial score (nSPS) is 11.8. The molecule has 0 atom stereocenters. The van der Waals surface area contributed by atoms with E-state index >= 15 is 0 Å². The van der Waals surface area contributed by atoms with E-state index in [-0.39, 0.29) is 6.47 Å². The molecule has 0 saturated heterocycles. The Kier molecular flexibility index (Phi) is 9.76. The van der Waals surface area contributed by atoms with Gasteiger partial charge in [0, 0.05) is 0 Å². The standard InChI is InChI=1S/C12H10N2.C5H5.CH2O2.Fe/c1-3-7-11(8-4-1)13-14-12-9-5-2-6-10-12;1-2-4-5-3-1;2-1-3;/h1-10H;1-3H,4H2;1H,(H,2,3);. The molecule has 3 rings (SSSR count). The van der Waals surface area contributed by atoms with Crippen LogP contribution in [0.25, 0.3) is 0 Å². The van der Waals surface area contributed by atoms with Crippen LogP contribution in [0.1, 0.15) is 6.42 Å². The third kappa shape index (κ3) is 9.19. The SMILES string of the molecule is O=CO.[Fe][C]1=CC=CC1.c1ccc(N=Nc2ccccc2)cc1. The first-order valence-electron chi connectivity index (χ1n) is 6.86. The number of hydrogen-bond donors (Lipinski definition) is 1. The summed E-state index contributed by atoms with van der Waals surface area (Å²) >= 11 is 3.74. The zero-order valence-corrected chi connectivity index (χ0v) is 13.5. The number of carboxylic acid groups (broad SMARTS) is 1. The molecule has 2 aromatic rings. The van der Waals surface area contributed by atoms with Crippen molar-refractivity contribution in [2.45, 2.75) is 6.42 Å². The van der Waals surface area contributed by atoms with E-state index in [2.05, 4.69) is 32.3 Å². The van der Waals surface area contributed by atoms with Crippen molar-refractivity contribution in [2.75, 3.05) is 0 Å². The Hall–Kier alpha value is -2.49. The Balaban J connectivity index is 0.000000244. The fourth-order valence-corrected chi connectivity index (χ4v) is 1.76. The minimum absolute atomic E-state index is 0.250. The van der Waals surface area contributed by atoms with Crippen LogP contribution >= 0.6 is 0 Å². The molecule has 0 spiro atoms. The molecule has 0 aliphatic heterocycles. The summed E-state index contributed by atoms with van der Waals surface area (Å²) in [5.74, 6) is 0. The van der Waals surface area contributed by atoms with Crippen molar-refractivity contribution in [3.8, 4) is 0 Å². The Morgan fingerprint density at radius 2 is 1.35 bits per heavy atom. The third-order valence-corrected chi connectivity index (χ3v) is 2.92. The molecule has 0 unspecified atom stereocenters. The average molecular weight is 349 g/mol. The van der Waals surface area contributed by atoms with E-state index in [4.69, 9.17) is 9.90 Å². The van der Waals surface area contributed by atoms with Crippen molar-refractivity contribution in [1.29, 1.82) is 0 Å². The molecular weight excluding hydrogens is 332 g/mol. The zero-order chi connectivity index (χ0) is 16.8. The van der Waals surface area contributed by atoms with E-state index in [0.717, 1.165) is 17.8 Å². The van der Waals surface area contributed by atoms with Gasteiger partial charge in [-0.15, -0.1) is 0 Å². The molecule has 5 heteroatoms. The van der Waals surface area contributed by atoms with Crippen LogP contribution in [-0.2, 0) is 20.8 Å². The summed E-state index contributed by atoms with van der Waals surface area (Å²) in [6, 6.07) is 19.4. The van der Waals surface area contributed by atoms with Crippen LogP contribution in [0.3, 0.4) is 0 Å². The largest absolute Gasteiger partial charge is 0.151 e. The molecule has 1 aliphatic rings. The van der Waals surface area contributed by atoms with E-state index in [1.165, 1.54) is 4.47 Å². The number of carbonyl (C=O) groups is 1. The number of rotatable bonds is 2. The average Bonchev–Trinajstić information content (AvgIpc) is 3.07. The Bertz CT molecular complexity index is 612. The molecule has 0 radical (unpaired) electrons. The molecule has 1 aliphatic carbocycles. The summed E-state index contributed by atoms with van der Waals surface area (Å²) in [6.07, 6.45) is 7.21. The number of azo groups is 1. The molecule has 0 heterocycles. The molecule has 0 bridgehead atoms. The molecule has 2 aromatic carbocycles. The molecule has 119 valence electrons. The van der Waals surface area contributed by atoms with Gasteiger partial charge in [-0.1, -0.05) is 36.4 Å². The van der Waals surface area contributed by atoms with Gasteiger partial charge >= 0.3 is 45.1 Å². The van der Waals surface area contributed by atoms with Gasteiger partial charge in [-0.3, -0.25) is 4.79 Å². The zero-order valence-electron chi connectivity index (χ0n) is 12.4. The van der Waals surface area contributed by atoms with Gasteiger partial charge in [0.2, 0.25) is 0 Å². The van der Waals surface area contributed by atoms with Gasteiger partial charge < -0.3 is 5.11 Å². The van der Waals surface area contributed by atoms with Gasteiger partial charge in [0.25, 0.3) is 6.47 Å². The maximum absolute atomic E-state index is 8.36. The predicted molar refractivity (Wildman–Crippen MR) is 87.6 cm³/mol. The first-order chi connectivity index (χ1) is 11.3. The molecule has 0 aromatic heterocycles. The number of allylic oxidation sites excluding steroid dienone is 4. The van der Waals surface area contributed by atoms with Gasteiger partial charge in [0.05, 0.1) is 11.4 Å². The summed E-state index contributed by atoms with van der Waals surface area (Å²) in [4.78, 5) is 8.36. The Labute approximate surface area is 144 Å². The molecule has 0 amide bonds. The van der Waals surface area contributed by atoms with Crippen LogP contribution in [0.15, 0.2) is 93.6 Å². The fourth-order valence-electron chi connectivity index (χ4n) is 1.52. The minimum Gasteiger partial charge on any atom is -0.151 e. The van der Waals surface area contributed by atoms with Crippen LogP contribution in [0.4, 0.5) is 11.4 Å². The van der Waals surface area contributed by atoms with Crippen LogP contribution in [0, 0.1) is 0 Å². The topological polar surface area (TPSA) is 62.0 Å². The van der Waals surface area contributed by atoms with Crippen LogP contribution in [0.5, 0.6) is 0 Å². The smallest absolute Gasteiger partial charge is 0.0857 e. The quantitative estimate of drug-likeness (QED) is 0.461. The minimum atomic E-state index is -0.250. The predicted octanol–water partition coefficient (Wildman–Crippen LogP) is 5.18. The van der Waals surface area contributed by atoms with Crippen molar-refractivity contribution in [1.82, 2.24) is 0 Å².